The molecule has 22 heavy (non-hydrogen) atoms. The van der Waals surface area contributed by atoms with Crippen molar-refractivity contribution in [3.8, 4) is 0 Å². The summed E-state index contributed by atoms with van der Waals surface area (Å²) in [5.41, 5.74) is 2.13. The molecule has 1 atom stereocenters. The second-order valence-electron chi connectivity index (χ2n) is 4.91. The number of thioether (sulfide) groups is 1. The Hall–Kier alpha value is -2.08. The molecule has 0 aliphatic carbocycles. The molecule has 2 rings (SSSR count). The Kier molecular flexibility index (Phi) is 5.77. The van der Waals surface area contributed by atoms with Gasteiger partial charge in [0.25, 0.3) is 5.56 Å². The Morgan fingerprint density at radius 2 is 2.05 bits per heavy atom. The number of carbonyl (C=O) groups is 1. The molecule has 5 nitrogen and oxygen atoms in total. The molecular weight excluding hydrogens is 298 g/mol. The van der Waals surface area contributed by atoms with Crippen molar-refractivity contribution in [2.24, 2.45) is 0 Å². The molecule has 0 aliphatic rings. The second kappa shape index (κ2) is 7.79. The van der Waals surface area contributed by atoms with Crippen LogP contribution in [0.25, 0.3) is 0 Å². The van der Waals surface area contributed by atoms with Crippen molar-refractivity contribution >= 4 is 17.7 Å². The van der Waals surface area contributed by atoms with Gasteiger partial charge in [0.15, 0.2) is 5.16 Å². The summed E-state index contributed by atoms with van der Waals surface area (Å²) >= 11 is 1.21. The first-order valence-corrected chi connectivity index (χ1v) is 8.13. The Bertz CT molecular complexity index is 682. The molecule has 0 bridgehead atoms. The van der Waals surface area contributed by atoms with Crippen LogP contribution >= 0.6 is 11.8 Å². The highest BCUT2D eigenvalue weighted by molar-refractivity contribution is 7.99. The van der Waals surface area contributed by atoms with Crippen LogP contribution in [0.4, 0.5) is 0 Å². The number of aromatic amines is 1. The molecule has 1 heterocycles. The molecule has 1 amide bonds. The molecule has 1 aromatic carbocycles. The fourth-order valence-corrected chi connectivity index (χ4v) is 2.63. The topological polar surface area (TPSA) is 74.8 Å². The van der Waals surface area contributed by atoms with Crippen LogP contribution in [0.2, 0.25) is 0 Å². The van der Waals surface area contributed by atoms with Gasteiger partial charge in [-0.05, 0) is 24.5 Å². The summed E-state index contributed by atoms with van der Waals surface area (Å²) < 4.78 is 0. The summed E-state index contributed by atoms with van der Waals surface area (Å²) in [7, 11) is 0. The number of benzene rings is 1. The molecule has 0 spiro atoms. The average molecular weight is 317 g/mol. The van der Waals surface area contributed by atoms with Gasteiger partial charge in [0, 0.05) is 12.3 Å². The largest absolute Gasteiger partial charge is 0.349 e. The molecule has 0 saturated carbocycles. The number of aromatic nitrogens is 2. The van der Waals surface area contributed by atoms with Crippen LogP contribution < -0.4 is 10.9 Å². The minimum Gasteiger partial charge on any atom is -0.349 e. The van der Waals surface area contributed by atoms with Crippen LogP contribution in [0.15, 0.2) is 46.5 Å². The molecule has 2 aromatic rings. The van der Waals surface area contributed by atoms with E-state index in [9.17, 15) is 9.59 Å². The second-order valence-corrected chi connectivity index (χ2v) is 5.88. The maximum Gasteiger partial charge on any atom is 0.251 e. The Morgan fingerprint density at radius 3 is 2.68 bits per heavy atom. The fourth-order valence-electron chi connectivity index (χ4n) is 1.97. The monoisotopic (exact) mass is 317 g/mol. The summed E-state index contributed by atoms with van der Waals surface area (Å²) in [5, 5.41) is 3.39. The SMILES string of the molecule is CCc1ccc([C@H](C)NC(=O)CSc2nccc(=O)[nH]2)cc1. The number of carbonyl (C=O) groups excluding carboxylic acids is 1. The number of rotatable bonds is 6. The highest BCUT2D eigenvalue weighted by Gasteiger charge is 2.10. The lowest BCUT2D eigenvalue weighted by molar-refractivity contribution is -0.119. The molecule has 0 radical (unpaired) electrons. The van der Waals surface area contributed by atoms with Gasteiger partial charge in [-0.3, -0.25) is 9.59 Å². The van der Waals surface area contributed by atoms with Gasteiger partial charge < -0.3 is 10.3 Å². The molecule has 1 aromatic heterocycles. The van der Waals surface area contributed by atoms with E-state index >= 15 is 0 Å². The molecular formula is C16H19N3O2S. The Morgan fingerprint density at radius 1 is 1.32 bits per heavy atom. The first kappa shape index (κ1) is 16.3. The number of nitrogens with one attached hydrogen (secondary N) is 2. The highest BCUT2D eigenvalue weighted by atomic mass is 32.2. The third-order valence-corrected chi connectivity index (χ3v) is 4.14. The average Bonchev–Trinajstić information content (AvgIpc) is 2.53. The Labute approximate surface area is 133 Å². The lowest BCUT2D eigenvalue weighted by atomic mass is 10.1. The van der Waals surface area contributed by atoms with Crippen LogP contribution in [0, 0.1) is 0 Å². The quantitative estimate of drug-likeness (QED) is 0.633. The van der Waals surface area contributed by atoms with Crippen LogP contribution in [0.3, 0.4) is 0 Å². The van der Waals surface area contributed by atoms with Gasteiger partial charge in [0.2, 0.25) is 5.91 Å². The molecule has 116 valence electrons. The molecule has 2 N–H and O–H groups in total. The van der Waals surface area contributed by atoms with Crippen molar-refractivity contribution in [3.05, 3.63) is 58.0 Å². The summed E-state index contributed by atoms with van der Waals surface area (Å²) in [6.07, 6.45) is 2.43. The zero-order valence-electron chi connectivity index (χ0n) is 12.6. The van der Waals surface area contributed by atoms with Crippen molar-refractivity contribution in [3.63, 3.8) is 0 Å². The number of aryl methyl sites for hydroxylation is 1. The van der Waals surface area contributed by atoms with E-state index in [0.717, 1.165) is 12.0 Å². The first-order chi connectivity index (χ1) is 10.6. The van der Waals surface area contributed by atoms with E-state index in [1.807, 2.05) is 19.1 Å². The van der Waals surface area contributed by atoms with Gasteiger partial charge in [0.1, 0.15) is 0 Å². The maximum absolute atomic E-state index is 12.0. The van der Waals surface area contributed by atoms with Crippen molar-refractivity contribution in [1.82, 2.24) is 15.3 Å². The van der Waals surface area contributed by atoms with Crippen molar-refractivity contribution in [1.29, 1.82) is 0 Å². The van der Waals surface area contributed by atoms with Gasteiger partial charge in [-0.15, -0.1) is 0 Å². The van der Waals surface area contributed by atoms with Crippen molar-refractivity contribution in [2.75, 3.05) is 5.75 Å². The predicted octanol–water partition coefficient (Wildman–Crippen LogP) is 2.30. The third-order valence-electron chi connectivity index (χ3n) is 3.25. The molecule has 0 aliphatic heterocycles. The normalized spacial score (nSPS) is 11.9. The summed E-state index contributed by atoms with van der Waals surface area (Å²) in [6, 6.07) is 9.50. The molecule has 0 saturated heterocycles. The lowest BCUT2D eigenvalue weighted by Crippen LogP contribution is -2.28. The standard InChI is InChI=1S/C16H19N3O2S/c1-3-12-4-6-13(7-5-12)11(2)18-15(21)10-22-16-17-9-8-14(20)19-16/h4-9,11H,3,10H2,1-2H3,(H,18,21)(H,17,19,20)/t11-/m0/s1. The van der Waals surface area contributed by atoms with Gasteiger partial charge in [-0.1, -0.05) is 43.0 Å². The van der Waals surface area contributed by atoms with E-state index < -0.39 is 0 Å². The summed E-state index contributed by atoms with van der Waals surface area (Å²) in [5.74, 6) is 0.119. The minimum absolute atomic E-state index is 0.0539. The van der Waals surface area contributed by atoms with Crippen molar-refractivity contribution < 1.29 is 4.79 Å². The Balaban J connectivity index is 1.86. The highest BCUT2D eigenvalue weighted by Crippen LogP contribution is 2.15. The smallest absolute Gasteiger partial charge is 0.251 e. The molecule has 0 unspecified atom stereocenters. The predicted molar refractivity (Wildman–Crippen MR) is 88.0 cm³/mol. The summed E-state index contributed by atoms with van der Waals surface area (Å²) in [4.78, 5) is 29.7. The third kappa shape index (κ3) is 4.73. The first-order valence-electron chi connectivity index (χ1n) is 7.15. The van der Waals surface area contributed by atoms with Crippen LogP contribution in [0.1, 0.15) is 31.0 Å². The van der Waals surface area contributed by atoms with E-state index in [0.29, 0.717) is 5.16 Å². The minimum atomic E-state index is -0.220. The van der Waals surface area contributed by atoms with Gasteiger partial charge in [0.05, 0.1) is 11.8 Å². The van der Waals surface area contributed by atoms with E-state index in [1.165, 1.54) is 29.6 Å². The maximum atomic E-state index is 12.0. The lowest BCUT2D eigenvalue weighted by Gasteiger charge is -2.14. The molecule has 6 heteroatoms. The molecule has 0 fully saturated rings. The number of amides is 1. The van der Waals surface area contributed by atoms with Gasteiger partial charge in [-0.2, -0.15) is 0 Å². The summed E-state index contributed by atoms with van der Waals surface area (Å²) in [6.45, 7) is 4.06. The van der Waals surface area contributed by atoms with E-state index in [1.54, 1.807) is 0 Å². The fraction of sp³-hybridized carbons (Fsp3) is 0.312. The van der Waals surface area contributed by atoms with E-state index in [4.69, 9.17) is 0 Å². The van der Waals surface area contributed by atoms with Crippen LogP contribution in [-0.4, -0.2) is 21.6 Å². The number of H-pyrrole nitrogens is 1. The van der Waals surface area contributed by atoms with Crippen LogP contribution in [-0.2, 0) is 11.2 Å². The van der Waals surface area contributed by atoms with E-state index in [2.05, 4.69) is 34.3 Å². The van der Waals surface area contributed by atoms with Crippen LogP contribution in [0.5, 0.6) is 0 Å². The van der Waals surface area contributed by atoms with E-state index in [-0.39, 0.29) is 23.3 Å². The zero-order chi connectivity index (χ0) is 15.9. The number of hydrogen-bond donors (Lipinski definition) is 2. The number of hydrogen-bond acceptors (Lipinski definition) is 4. The van der Waals surface area contributed by atoms with Crippen molar-refractivity contribution in [2.45, 2.75) is 31.5 Å². The van der Waals surface area contributed by atoms with Gasteiger partial charge >= 0.3 is 0 Å². The number of nitrogens with zero attached hydrogens (tertiary/aromatic N) is 1. The van der Waals surface area contributed by atoms with Gasteiger partial charge in [-0.25, -0.2) is 4.98 Å². The zero-order valence-corrected chi connectivity index (χ0v) is 13.4.